The molecule has 2 aromatic rings. The summed E-state index contributed by atoms with van der Waals surface area (Å²) in [5.41, 5.74) is 4.34. The molecule has 1 aliphatic heterocycles. The minimum Gasteiger partial charge on any atom is -0.504 e. The molecule has 0 saturated carbocycles. The number of likely N-dealkylation sites (N-methyl/N-ethyl adjacent to an activating group) is 1. The summed E-state index contributed by atoms with van der Waals surface area (Å²) in [6.45, 7) is 4.01. The molecular formula is C17H21N3O2S2. The highest BCUT2D eigenvalue weighted by molar-refractivity contribution is 7.81. The Hall–Kier alpha value is -1.67. The van der Waals surface area contributed by atoms with Gasteiger partial charge in [-0.2, -0.15) is 0 Å². The zero-order valence-corrected chi connectivity index (χ0v) is 15.4. The van der Waals surface area contributed by atoms with E-state index in [0.717, 1.165) is 46.5 Å². The van der Waals surface area contributed by atoms with Gasteiger partial charge in [0.25, 0.3) is 0 Å². The largest absolute Gasteiger partial charge is 0.504 e. The summed E-state index contributed by atoms with van der Waals surface area (Å²) >= 11 is 7.17. The maximum Gasteiger partial charge on any atom is 0.161 e. The lowest BCUT2D eigenvalue weighted by atomic mass is 10.1. The molecule has 0 amide bonds. The molecule has 0 unspecified atom stereocenters. The van der Waals surface area contributed by atoms with Gasteiger partial charge in [0, 0.05) is 31.1 Å². The van der Waals surface area contributed by atoms with Crippen LogP contribution in [0.2, 0.25) is 0 Å². The molecule has 128 valence electrons. The van der Waals surface area contributed by atoms with Crippen molar-refractivity contribution in [2.75, 3.05) is 40.3 Å². The van der Waals surface area contributed by atoms with E-state index in [2.05, 4.69) is 22.4 Å². The van der Waals surface area contributed by atoms with E-state index in [1.54, 1.807) is 24.5 Å². The Morgan fingerprint density at radius 2 is 1.96 bits per heavy atom. The normalized spacial score (nSPS) is 16.1. The van der Waals surface area contributed by atoms with E-state index < -0.39 is 0 Å². The maximum absolute atomic E-state index is 9.71. The van der Waals surface area contributed by atoms with Crippen LogP contribution < -0.4 is 10.2 Å². The summed E-state index contributed by atoms with van der Waals surface area (Å²) in [4.78, 5) is 5.18. The highest BCUT2D eigenvalue weighted by Crippen LogP contribution is 2.34. The van der Waals surface area contributed by atoms with Gasteiger partial charge in [0.2, 0.25) is 0 Å². The van der Waals surface area contributed by atoms with Crippen molar-refractivity contribution in [2.45, 2.75) is 0 Å². The number of thiocarbonyl (C=S) groups is 1. The van der Waals surface area contributed by atoms with Crippen molar-refractivity contribution in [1.29, 1.82) is 0 Å². The van der Waals surface area contributed by atoms with Gasteiger partial charge in [-0.05, 0) is 42.9 Å². The number of piperazine rings is 1. The van der Waals surface area contributed by atoms with Gasteiger partial charge in [-0.15, -0.1) is 11.3 Å². The average Bonchev–Trinajstić information content (AvgIpc) is 3.07. The number of benzene rings is 1. The van der Waals surface area contributed by atoms with E-state index in [0.29, 0.717) is 5.75 Å². The molecule has 2 heterocycles. The minimum atomic E-state index is 0.144. The van der Waals surface area contributed by atoms with E-state index in [9.17, 15) is 5.11 Å². The fraction of sp³-hybridized carbons (Fsp3) is 0.353. The smallest absolute Gasteiger partial charge is 0.161 e. The Balaban J connectivity index is 1.70. The Bertz CT molecular complexity index is 724. The Morgan fingerprint density at radius 3 is 2.67 bits per heavy atom. The topological polar surface area (TPSA) is 48.0 Å². The molecule has 3 rings (SSSR count). The third kappa shape index (κ3) is 3.87. The van der Waals surface area contributed by atoms with Crippen LogP contribution in [-0.2, 0) is 0 Å². The lowest BCUT2D eigenvalue weighted by Gasteiger charge is -2.32. The third-order valence-electron chi connectivity index (χ3n) is 4.06. The van der Waals surface area contributed by atoms with Gasteiger partial charge in [-0.25, -0.2) is 5.01 Å². The van der Waals surface area contributed by atoms with Crippen molar-refractivity contribution in [1.82, 2.24) is 15.3 Å². The SMILES string of the molecule is COc1cc(-c2ccc(C(=S)NN3CCN(C)CC3)s2)ccc1O. The quantitative estimate of drug-likeness (QED) is 0.814. The molecule has 7 heteroatoms. The number of phenols is 1. The van der Waals surface area contributed by atoms with Crippen molar-refractivity contribution in [3.63, 3.8) is 0 Å². The molecule has 0 radical (unpaired) electrons. The Kier molecular flexibility index (Phi) is 5.35. The van der Waals surface area contributed by atoms with Crippen molar-refractivity contribution in [2.24, 2.45) is 0 Å². The number of rotatable bonds is 4. The zero-order valence-electron chi connectivity index (χ0n) is 13.8. The molecule has 1 aromatic heterocycles. The van der Waals surface area contributed by atoms with Crippen molar-refractivity contribution >= 4 is 28.5 Å². The number of methoxy groups -OCH3 is 1. The van der Waals surface area contributed by atoms with Crippen LogP contribution in [0.1, 0.15) is 4.88 Å². The highest BCUT2D eigenvalue weighted by atomic mass is 32.1. The van der Waals surface area contributed by atoms with E-state index in [4.69, 9.17) is 17.0 Å². The first-order chi connectivity index (χ1) is 11.6. The van der Waals surface area contributed by atoms with Crippen molar-refractivity contribution in [3.05, 3.63) is 35.2 Å². The summed E-state index contributed by atoms with van der Waals surface area (Å²) in [6.07, 6.45) is 0. The van der Waals surface area contributed by atoms with Crippen LogP contribution in [0.15, 0.2) is 30.3 Å². The zero-order chi connectivity index (χ0) is 17.1. The molecular weight excluding hydrogens is 342 g/mol. The summed E-state index contributed by atoms with van der Waals surface area (Å²) in [7, 11) is 3.68. The minimum absolute atomic E-state index is 0.144. The molecule has 0 aliphatic carbocycles. The standard InChI is InChI=1S/C17H21N3O2S2/c1-19-7-9-20(10-8-19)18-17(23)16-6-5-15(24-16)12-3-4-13(21)14(11-12)22-2/h3-6,11,21H,7-10H2,1-2H3,(H,18,23). The number of hydrogen-bond acceptors (Lipinski definition) is 6. The van der Waals surface area contributed by atoms with Crippen LogP contribution >= 0.6 is 23.6 Å². The summed E-state index contributed by atoms with van der Waals surface area (Å²) in [5, 5.41) is 11.9. The van der Waals surface area contributed by atoms with Gasteiger partial charge in [-0.1, -0.05) is 12.2 Å². The number of aromatic hydroxyl groups is 1. The van der Waals surface area contributed by atoms with Crippen LogP contribution in [-0.4, -0.2) is 60.3 Å². The second kappa shape index (κ2) is 7.48. The van der Waals surface area contributed by atoms with Gasteiger partial charge in [0.05, 0.1) is 12.0 Å². The number of nitrogens with one attached hydrogen (secondary N) is 1. The molecule has 5 nitrogen and oxygen atoms in total. The third-order valence-corrected chi connectivity index (χ3v) is 5.65. The fourth-order valence-corrected chi connectivity index (χ4v) is 3.78. The number of ether oxygens (including phenoxy) is 1. The van der Waals surface area contributed by atoms with Crippen molar-refractivity contribution in [3.8, 4) is 21.9 Å². The van der Waals surface area contributed by atoms with Gasteiger partial charge in [-0.3, -0.25) is 0 Å². The van der Waals surface area contributed by atoms with E-state index >= 15 is 0 Å². The molecule has 2 N–H and O–H groups in total. The van der Waals surface area contributed by atoms with Crippen LogP contribution in [0.4, 0.5) is 0 Å². The lowest BCUT2D eigenvalue weighted by Crippen LogP contribution is -2.52. The average molecular weight is 364 g/mol. The molecule has 1 fully saturated rings. The van der Waals surface area contributed by atoms with Gasteiger partial charge in [0.15, 0.2) is 11.5 Å². The summed E-state index contributed by atoms with van der Waals surface area (Å²) in [5.74, 6) is 0.617. The number of thiophene rings is 1. The second-order valence-corrected chi connectivity index (χ2v) is 7.27. The van der Waals surface area contributed by atoms with E-state index in [1.165, 1.54) is 0 Å². The Morgan fingerprint density at radius 1 is 1.21 bits per heavy atom. The van der Waals surface area contributed by atoms with Gasteiger partial charge >= 0.3 is 0 Å². The van der Waals surface area contributed by atoms with Gasteiger partial charge < -0.3 is 20.2 Å². The summed E-state index contributed by atoms with van der Waals surface area (Å²) in [6, 6.07) is 9.44. The molecule has 0 atom stereocenters. The van der Waals surface area contributed by atoms with Crippen LogP contribution in [0.3, 0.4) is 0 Å². The maximum atomic E-state index is 9.71. The first-order valence-electron chi connectivity index (χ1n) is 7.78. The Labute approximate surface area is 151 Å². The van der Waals surface area contributed by atoms with E-state index in [-0.39, 0.29) is 5.75 Å². The molecule has 1 aliphatic rings. The summed E-state index contributed by atoms with van der Waals surface area (Å²) < 4.78 is 5.18. The van der Waals surface area contributed by atoms with Crippen molar-refractivity contribution < 1.29 is 9.84 Å². The first kappa shape index (κ1) is 17.2. The molecule has 0 bridgehead atoms. The monoisotopic (exact) mass is 363 g/mol. The number of hydrazine groups is 1. The number of nitrogens with zero attached hydrogens (tertiary/aromatic N) is 2. The fourth-order valence-electron chi connectivity index (χ4n) is 2.56. The van der Waals surface area contributed by atoms with E-state index in [1.807, 2.05) is 24.3 Å². The predicted octanol–water partition coefficient (Wildman–Crippen LogP) is 2.56. The second-order valence-electron chi connectivity index (χ2n) is 5.78. The highest BCUT2D eigenvalue weighted by Gasteiger charge is 2.16. The molecule has 0 spiro atoms. The van der Waals surface area contributed by atoms with Gasteiger partial charge in [0.1, 0.15) is 4.99 Å². The van der Waals surface area contributed by atoms with Crippen LogP contribution in [0.5, 0.6) is 11.5 Å². The number of phenolic OH excluding ortho intramolecular Hbond substituents is 1. The molecule has 1 saturated heterocycles. The number of hydrogen-bond donors (Lipinski definition) is 2. The first-order valence-corrected chi connectivity index (χ1v) is 9.01. The predicted molar refractivity (Wildman–Crippen MR) is 102 cm³/mol. The molecule has 1 aromatic carbocycles. The molecule has 24 heavy (non-hydrogen) atoms. The van der Waals surface area contributed by atoms with Crippen LogP contribution in [0.25, 0.3) is 10.4 Å². The van der Waals surface area contributed by atoms with Crippen LogP contribution in [0, 0.1) is 0 Å². The lowest BCUT2D eigenvalue weighted by molar-refractivity contribution is 0.132.